The maximum absolute atomic E-state index is 11.1. The molecule has 128 valence electrons. The Hall–Kier alpha value is -1.38. The Bertz CT molecular complexity index is 493. The number of Topliss-reactive ketones (excluding diaryl/α,β-unsaturated/α-hetero) is 1. The molecule has 0 bridgehead atoms. The van der Waals surface area contributed by atoms with Crippen molar-refractivity contribution in [3.63, 3.8) is 0 Å². The van der Waals surface area contributed by atoms with E-state index < -0.39 is 0 Å². The van der Waals surface area contributed by atoms with Crippen LogP contribution < -0.4 is 0 Å². The lowest BCUT2D eigenvalue weighted by Crippen LogP contribution is -2.01. The molecule has 23 heavy (non-hydrogen) atoms. The molecule has 0 fully saturated rings. The van der Waals surface area contributed by atoms with Crippen molar-refractivity contribution < 1.29 is 9.58 Å². The highest BCUT2D eigenvalue weighted by Gasteiger charge is 2.01. The molecular formula is C19H30N2OS. The second kappa shape index (κ2) is 14.2. The molecule has 0 saturated carbocycles. The second-order valence-electron chi connectivity index (χ2n) is 6.00. The highest BCUT2D eigenvalue weighted by atomic mass is 32.2. The molecule has 0 aliphatic heterocycles. The zero-order valence-electron chi connectivity index (χ0n) is 15.0. The van der Waals surface area contributed by atoms with Gasteiger partial charge in [-0.25, -0.2) is 0 Å². The minimum atomic E-state index is -0.130. The lowest BCUT2D eigenvalue weighted by molar-refractivity contribution is -0.115. The van der Waals surface area contributed by atoms with Gasteiger partial charge in [-0.2, -0.15) is 16.6 Å². The van der Waals surface area contributed by atoms with E-state index in [4.69, 9.17) is 5.53 Å². The fourth-order valence-corrected chi connectivity index (χ4v) is 2.84. The van der Waals surface area contributed by atoms with Crippen LogP contribution in [0.5, 0.6) is 0 Å². The minimum Gasteiger partial charge on any atom is -0.361 e. The van der Waals surface area contributed by atoms with Crippen molar-refractivity contribution in [2.45, 2.75) is 59.8 Å². The molecular weight excluding hydrogens is 304 g/mol. The monoisotopic (exact) mass is 334 g/mol. The van der Waals surface area contributed by atoms with Crippen LogP contribution in [0.3, 0.4) is 0 Å². The highest BCUT2D eigenvalue weighted by Crippen LogP contribution is 2.12. The third-order valence-corrected chi connectivity index (χ3v) is 4.26. The van der Waals surface area contributed by atoms with E-state index in [0.29, 0.717) is 6.42 Å². The largest absolute Gasteiger partial charge is 0.361 e. The summed E-state index contributed by atoms with van der Waals surface area (Å²) in [6, 6.07) is 0. The molecule has 0 aliphatic rings. The first kappa shape index (κ1) is 21.6. The molecule has 0 aromatic carbocycles. The molecule has 0 rings (SSSR count). The summed E-state index contributed by atoms with van der Waals surface area (Å²) in [6.07, 6.45) is 12.7. The first-order chi connectivity index (χ1) is 11.0. The normalized spacial score (nSPS) is 11.8. The van der Waals surface area contributed by atoms with Crippen LogP contribution in [0.2, 0.25) is 0 Å². The fraction of sp³-hybridized carbons (Fsp3) is 0.579. The van der Waals surface area contributed by atoms with Gasteiger partial charge in [0.25, 0.3) is 0 Å². The zero-order valence-corrected chi connectivity index (χ0v) is 15.8. The molecule has 0 amide bonds. The van der Waals surface area contributed by atoms with Crippen LogP contribution in [-0.2, 0) is 4.79 Å². The standard InChI is InChI=1S/C19H30N2OS/c1-16(2)7-5-8-17(3)9-6-10-18(4)11-13-23-14-12-19(22)15-21-20/h7,9,11,15H,5-6,8,10,12-14H2,1-4H3/b17-9-,18-11-. The molecule has 0 atom stereocenters. The number of ketones is 1. The van der Waals surface area contributed by atoms with Gasteiger partial charge in [0, 0.05) is 17.9 Å². The van der Waals surface area contributed by atoms with Crippen molar-refractivity contribution in [2.75, 3.05) is 11.5 Å². The van der Waals surface area contributed by atoms with E-state index in [1.165, 1.54) is 16.7 Å². The summed E-state index contributed by atoms with van der Waals surface area (Å²) in [5, 5.41) is 0. The third-order valence-electron chi connectivity index (χ3n) is 3.37. The van der Waals surface area contributed by atoms with Gasteiger partial charge in [-0.1, -0.05) is 34.9 Å². The van der Waals surface area contributed by atoms with E-state index in [1.54, 1.807) is 11.8 Å². The van der Waals surface area contributed by atoms with Crippen LogP contribution in [0.1, 0.15) is 59.8 Å². The summed E-state index contributed by atoms with van der Waals surface area (Å²) in [7, 11) is 0. The van der Waals surface area contributed by atoms with Crippen molar-refractivity contribution >= 4 is 23.8 Å². The quantitative estimate of drug-likeness (QED) is 0.158. The predicted molar refractivity (Wildman–Crippen MR) is 102 cm³/mol. The van der Waals surface area contributed by atoms with E-state index in [2.05, 4.69) is 50.7 Å². The summed E-state index contributed by atoms with van der Waals surface area (Å²) in [5.41, 5.74) is 12.5. The van der Waals surface area contributed by atoms with Gasteiger partial charge >= 0.3 is 6.21 Å². The van der Waals surface area contributed by atoms with Gasteiger partial charge in [0.2, 0.25) is 5.78 Å². The fourth-order valence-electron chi connectivity index (χ4n) is 1.93. The average Bonchev–Trinajstić information content (AvgIpc) is 2.46. The van der Waals surface area contributed by atoms with Gasteiger partial charge in [-0.15, -0.1) is 0 Å². The maximum Gasteiger partial charge on any atom is 0.323 e. The number of thioether (sulfide) groups is 1. The first-order valence-corrected chi connectivity index (χ1v) is 9.33. The lowest BCUT2D eigenvalue weighted by atomic mass is 10.1. The van der Waals surface area contributed by atoms with Gasteiger partial charge in [-0.3, -0.25) is 4.79 Å². The van der Waals surface area contributed by atoms with E-state index in [0.717, 1.165) is 43.4 Å². The van der Waals surface area contributed by atoms with Crippen LogP contribution in [0.25, 0.3) is 5.53 Å². The SMILES string of the molecule is CC(C)=CCC/C(C)=C\CC/C(C)=C\CSCCC(=O)C=[N+]=[N-]. The Balaban J connectivity index is 3.83. The summed E-state index contributed by atoms with van der Waals surface area (Å²) in [4.78, 5) is 13.8. The van der Waals surface area contributed by atoms with Crippen molar-refractivity contribution in [3.8, 4) is 0 Å². The summed E-state index contributed by atoms with van der Waals surface area (Å²) < 4.78 is 0. The number of allylic oxidation sites excluding steroid dienone is 5. The van der Waals surface area contributed by atoms with Gasteiger partial charge in [-0.05, 0) is 53.4 Å². The smallest absolute Gasteiger partial charge is 0.323 e. The van der Waals surface area contributed by atoms with Crippen LogP contribution in [0.15, 0.2) is 34.9 Å². The molecule has 0 aromatic rings. The maximum atomic E-state index is 11.1. The predicted octanol–water partition coefficient (Wildman–Crippen LogP) is 5.40. The topological polar surface area (TPSA) is 53.5 Å². The van der Waals surface area contributed by atoms with Crippen LogP contribution >= 0.6 is 11.8 Å². The molecule has 0 aliphatic carbocycles. The minimum absolute atomic E-state index is 0.130. The van der Waals surface area contributed by atoms with E-state index in [9.17, 15) is 4.79 Å². The Kier molecular flexibility index (Phi) is 13.4. The highest BCUT2D eigenvalue weighted by molar-refractivity contribution is 7.99. The third kappa shape index (κ3) is 15.3. The van der Waals surface area contributed by atoms with Crippen molar-refractivity contribution in [3.05, 3.63) is 40.5 Å². The van der Waals surface area contributed by atoms with E-state index in [-0.39, 0.29) is 5.78 Å². The summed E-state index contributed by atoms with van der Waals surface area (Å²) in [6.45, 7) is 8.65. The molecule has 0 radical (unpaired) electrons. The van der Waals surface area contributed by atoms with Crippen molar-refractivity contribution in [1.29, 1.82) is 0 Å². The van der Waals surface area contributed by atoms with Crippen molar-refractivity contribution in [2.24, 2.45) is 0 Å². The zero-order chi connectivity index (χ0) is 17.5. The molecule has 0 heterocycles. The molecule has 0 spiro atoms. The Morgan fingerprint density at radius 3 is 2.17 bits per heavy atom. The molecule has 3 nitrogen and oxygen atoms in total. The molecule has 4 heteroatoms. The van der Waals surface area contributed by atoms with Gasteiger partial charge in [0.15, 0.2) is 0 Å². The summed E-state index contributed by atoms with van der Waals surface area (Å²) in [5.74, 6) is 1.56. The number of nitrogens with zero attached hydrogens (tertiary/aromatic N) is 2. The van der Waals surface area contributed by atoms with Crippen molar-refractivity contribution in [1.82, 2.24) is 0 Å². The number of carbonyl (C=O) groups excluding carboxylic acids is 1. The van der Waals surface area contributed by atoms with Gasteiger partial charge in [0.05, 0.1) is 0 Å². The van der Waals surface area contributed by atoms with Gasteiger partial charge < -0.3 is 5.53 Å². The molecule has 0 N–H and O–H groups in total. The van der Waals surface area contributed by atoms with Gasteiger partial charge in [0.1, 0.15) is 0 Å². The van der Waals surface area contributed by atoms with E-state index >= 15 is 0 Å². The van der Waals surface area contributed by atoms with Crippen LogP contribution in [0.4, 0.5) is 0 Å². The number of hydrogen-bond acceptors (Lipinski definition) is 2. The molecule has 0 unspecified atom stereocenters. The molecule has 0 saturated heterocycles. The second-order valence-corrected chi connectivity index (χ2v) is 7.15. The number of hydrogen-bond donors (Lipinski definition) is 0. The Morgan fingerprint density at radius 1 is 0.957 bits per heavy atom. The summed E-state index contributed by atoms with van der Waals surface area (Å²) >= 11 is 1.73. The van der Waals surface area contributed by atoms with E-state index in [1.807, 2.05) is 0 Å². The van der Waals surface area contributed by atoms with Crippen LogP contribution in [0, 0.1) is 0 Å². The Morgan fingerprint density at radius 2 is 1.57 bits per heavy atom. The Labute approximate surface area is 145 Å². The first-order valence-electron chi connectivity index (χ1n) is 8.18. The lowest BCUT2D eigenvalue weighted by Gasteiger charge is -2.02. The number of rotatable bonds is 12. The molecule has 0 aromatic heterocycles. The number of carbonyl (C=O) groups is 1. The van der Waals surface area contributed by atoms with Crippen LogP contribution in [-0.4, -0.2) is 28.3 Å². The average molecular weight is 335 g/mol.